The van der Waals surface area contributed by atoms with E-state index in [9.17, 15) is 13.2 Å². The van der Waals surface area contributed by atoms with Gasteiger partial charge in [0.25, 0.3) is 15.9 Å². The predicted octanol–water partition coefficient (Wildman–Crippen LogP) is 3.89. The molecule has 0 bridgehead atoms. The van der Waals surface area contributed by atoms with Crippen LogP contribution in [0, 0.1) is 0 Å². The number of carbonyl (C=O) groups is 1. The Hall–Kier alpha value is -1.98. The van der Waals surface area contributed by atoms with Gasteiger partial charge in [0.2, 0.25) is 0 Å². The number of hydrogen-bond donors (Lipinski definition) is 0. The first-order valence-electron chi connectivity index (χ1n) is 9.49. The fourth-order valence-electron chi connectivity index (χ4n) is 3.57. The number of sulfonamides is 1. The summed E-state index contributed by atoms with van der Waals surface area (Å²) in [6.45, 7) is 4.54. The van der Waals surface area contributed by atoms with Crippen molar-refractivity contribution < 1.29 is 17.9 Å². The van der Waals surface area contributed by atoms with Crippen molar-refractivity contribution in [3.05, 3.63) is 52.1 Å². The number of methoxy groups -OCH3 is 1. The molecule has 1 atom stereocenters. The van der Waals surface area contributed by atoms with Gasteiger partial charge in [-0.05, 0) is 43.2 Å². The Bertz CT molecular complexity index is 1320. The lowest BCUT2D eigenvalue weighted by atomic mass is 10.2. The molecule has 0 spiro atoms. The fraction of sp³-hybridized carbons (Fsp3) is 0.300. The van der Waals surface area contributed by atoms with E-state index >= 15 is 0 Å². The number of benzene rings is 1. The summed E-state index contributed by atoms with van der Waals surface area (Å²) in [5, 5.41) is 0. The number of fused-ring (bicyclic) bond motifs is 1. The van der Waals surface area contributed by atoms with Gasteiger partial charge in [-0.1, -0.05) is 29.0 Å². The molecule has 164 valence electrons. The van der Waals surface area contributed by atoms with Gasteiger partial charge in [0.15, 0.2) is 4.80 Å². The first-order chi connectivity index (χ1) is 14.8. The number of allylic oxidation sites excluding steroid dienone is 1. The zero-order valence-electron chi connectivity index (χ0n) is 16.7. The topological polar surface area (TPSA) is 81.0 Å². The van der Waals surface area contributed by atoms with E-state index in [1.807, 2.05) is 22.8 Å². The van der Waals surface area contributed by atoms with Crippen molar-refractivity contribution in [3.8, 4) is 5.75 Å². The van der Waals surface area contributed by atoms with Crippen LogP contribution in [0.3, 0.4) is 0 Å². The molecule has 0 aliphatic carbocycles. The van der Waals surface area contributed by atoms with Gasteiger partial charge in [-0.15, -0.1) is 17.9 Å². The van der Waals surface area contributed by atoms with Gasteiger partial charge in [-0.3, -0.25) is 4.79 Å². The molecule has 0 radical (unpaired) electrons. The van der Waals surface area contributed by atoms with Crippen molar-refractivity contribution in [2.45, 2.75) is 29.6 Å². The Morgan fingerprint density at radius 2 is 2.16 bits per heavy atom. The number of amides is 1. The average molecular weight is 498 g/mol. The van der Waals surface area contributed by atoms with Gasteiger partial charge < -0.3 is 9.30 Å². The van der Waals surface area contributed by atoms with Crippen molar-refractivity contribution in [1.82, 2.24) is 8.87 Å². The zero-order valence-corrected chi connectivity index (χ0v) is 19.9. The van der Waals surface area contributed by atoms with Crippen LogP contribution in [0.1, 0.15) is 12.8 Å². The van der Waals surface area contributed by atoms with Crippen LogP contribution in [0.15, 0.2) is 52.2 Å². The number of hydrogen-bond acceptors (Lipinski definition) is 6. The highest BCUT2D eigenvalue weighted by Gasteiger charge is 2.40. The highest BCUT2D eigenvalue weighted by molar-refractivity contribution is 7.91. The minimum atomic E-state index is -3.81. The standard InChI is InChI=1S/C20H20ClN3O4S3/c1-3-10-23-14-7-6-13(28-2)12-16(14)29-20(23)22-19(25)15-5-4-11-24(15)31(26,27)18-9-8-17(21)30-18/h3,6-9,12,15H,1,4-5,10-11H2,2H3. The number of rotatable bonds is 6. The first kappa shape index (κ1) is 22.2. The Labute approximate surface area is 192 Å². The van der Waals surface area contributed by atoms with Gasteiger partial charge in [-0.25, -0.2) is 8.42 Å². The number of thiazole rings is 1. The minimum absolute atomic E-state index is 0.132. The van der Waals surface area contributed by atoms with E-state index in [-0.39, 0.29) is 10.8 Å². The van der Waals surface area contributed by atoms with Crippen LogP contribution in [0.25, 0.3) is 10.2 Å². The van der Waals surface area contributed by atoms with E-state index in [1.165, 1.54) is 21.7 Å². The normalized spacial score (nSPS) is 18.0. The molecule has 3 heterocycles. The second kappa shape index (κ2) is 8.87. The monoisotopic (exact) mass is 497 g/mol. The summed E-state index contributed by atoms with van der Waals surface area (Å²) < 4.78 is 35.9. The molecule has 4 rings (SSSR count). The summed E-state index contributed by atoms with van der Waals surface area (Å²) in [7, 11) is -2.21. The smallest absolute Gasteiger partial charge is 0.266 e. The lowest BCUT2D eigenvalue weighted by molar-refractivity contribution is -0.121. The highest BCUT2D eigenvalue weighted by atomic mass is 35.5. The van der Waals surface area contributed by atoms with Crippen LogP contribution in [0.4, 0.5) is 0 Å². The number of ether oxygens (including phenoxy) is 1. The summed E-state index contributed by atoms with van der Waals surface area (Å²) in [6, 6.07) is 7.82. The molecule has 1 unspecified atom stereocenters. The molecule has 1 fully saturated rings. The molecule has 1 saturated heterocycles. The molecule has 1 aliphatic heterocycles. The Balaban J connectivity index is 1.73. The average Bonchev–Trinajstić information content (AvgIpc) is 3.47. The Morgan fingerprint density at radius 3 is 2.84 bits per heavy atom. The maximum Gasteiger partial charge on any atom is 0.266 e. The van der Waals surface area contributed by atoms with Gasteiger partial charge >= 0.3 is 0 Å². The zero-order chi connectivity index (χ0) is 22.2. The summed E-state index contributed by atoms with van der Waals surface area (Å²) in [5.41, 5.74) is 0.904. The van der Waals surface area contributed by atoms with Gasteiger partial charge in [-0.2, -0.15) is 9.30 Å². The van der Waals surface area contributed by atoms with Crippen LogP contribution >= 0.6 is 34.3 Å². The minimum Gasteiger partial charge on any atom is -0.497 e. The molecule has 1 aliphatic rings. The van der Waals surface area contributed by atoms with Crippen molar-refractivity contribution in [1.29, 1.82) is 0 Å². The molecule has 0 saturated carbocycles. The highest BCUT2D eigenvalue weighted by Crippen LogP contribution is 2.32. The number of nitrogens with zero attached hydrogens (tertiary/aromatic N) is 3. The van der Waals surface area contributed by atoms with Crippen molar-refractivity contribution in [2.24, 2.45) is 4.99 Å². The molecule has 11 heteroatoms. The predicted molar refractivity (Wildman–Crippen MR) is 123 cm³/mol. The molecule has 3 aromatic rings. The van der Waals surface area contributed by atoms with E-state index in [0.717, 1.165) is 21.6 Å². The molecule has 7 nitrogen and oxygen atoms in total. The quantitative estimate of drug-likeness (QED) is 0.484. The van der Waals surface area contributed by atoms with E-state index in [1.54, 1.807) is 19.3 Å². The third-order valence-electron chi connectivity index (χ3n) is 5.01. The summed E-state index contributed by atoms with van der Waals surface area (Å²) >= 11 is 8.26. The number of thiophene rings is 1. The molecular weight excluding hydrogens is 478 g/mol. The van der Waals surface area contributed by atoms with Crippen LogP contribution in [-0.4, -0.2) is 42.9 Å². The Morgan fingerprint density at radius 1 is 1.35 bits per heavy atom. The second-order valence-electron chi connectivity index (χ2n) is 6.90. The van der Waals surface area contributed by atoms with E-state index < -0.39 is 22.0 Å². The number of carbonyl (C=O) groups excluding carboxylic acids is 1. The third-order valence-corrected chi connectivity index (χ3v) is 9.66. The number of halogens is 1. The van der Waals surface area contributed by atoms with Gasteiger partial charge in [0, 0.05) is 13.1 Å². The van der Waals surface area contributed by atoms with E-state index in [2.05, 4.69) is 11.6 Å². The number of aromatic nitrogens is 1. The molecule has 0 N–H and O–H groups in total. The molecular formula is C20H20ClN3O4S3. The summed E-state index contributed by atoms with van der Waals surface area (Å²) in [6.07, 6.45) is 2.76. The summed E-state index contributed by atoms with van der Waals surface area (Å²) in [4.78, 5) is 17.9. The van der Waals surface area contributed by atoms with Gasteiger partial charge in [0.05, 0.1) is 21.7 Å². The van der Waals surface area contributed by atoms with Crippen LogP contribution in [0.5, 0.6) is 5.75 Å². The fourth-order valence-corrected chi connectivity index (χ4v) is 7.90. The SMILES string of the molecule is C=CCn1c(=NC(=O)C2CCCN2S(=O)(=O)c2ccc(Cl)s2)sc2cc(OC)ccc21. The second-order valence-corrected chi connectivity index (χ2v) is 11.7. The lowest BCUT2D eigenvalue weighted by Gasteiger charge is -2.20. The van der Waals surface area contributed by atoms with Crippen LogP contribution in [-0.2, 0) is 21.4 Å². The molecule has 2 aromatic heterocycles. The van der Waals surface area contributed by atoms with Crippen LogP contribution < -0.4 is 9.54 Å². The largest absolute Gasteiger partial charge is 0.497 e. The molecule has 1 amide bonds. The molecule has 1 aromatic carbocycles. The first-order valence-corrected chi connectivity index (χ1v) is 12.9. The molecule has 31 heavy (non-hydrogen) atoms. The van der Waals surface area contributed by atoms with Crippen molar-refractivity contribution >= 4 is 60.4 Å². The maximum atomic E-state index is 13.1. The van der Waals surface area contributed by atoms with Crippen molar-refractivity contribution in [2.75, 3.05) is 13.7 Å². The van der Waals surface area contributed by atoms with Crippen LogP contribution in [0.2, 0.25) is 4.34 Å². The third kappa shape index (κ3) is 4.22. The van der Waals surface area contributed by atoms with Crippen molar-refractivity contribution in [3.63, 3.8) is 0 Å². The van der Waals surface area contributed by atoms with E-state index in [0.29, 0.717) is 34.3 Å². The lowest BCUT2D eigenvalue weighted by Crippen LogP contribution is -2.40. The summed E-state index contributed by atoms with van der Waals surface area (Å²) in [5.74, 6) is 0.236. The van der Waals surface area contributed by atoms with Gasteiger partial charge in [0.1, 0.15) is 16.0 Å². The van der Waals surface area contributed by atoms with E-state index in [4.69, 9.17) is 16.3 Å². The Kier molecular flexibility index (Phi) is 6.36. The maximum absolute atomic E-state index is 13.1.